The van der Waals surface area contributed by atoms with Gasteiger partial charge >= 0.3 is 5.97 Å². The van der Waals surface area contributed by atoms with Crippen molar-refractivity contribution in [2.75, 3.05) is 14.2 Å². The van der Waals surface area contributed by atoms with E-state index in [-0.39, 0.29) is 5.97 Å². The van der Waals surface area contributed by atoms with Crippen LogP contribution in [0.1, 0.15) is 123 Å². The number of carbonyl (C=O) groups is 1. The number of hydrogen-bond donors (Lipinski definition) is 0. The van der Waals surface area contributed by atoms with Gasteiger partial charge in [-0.3, -0.25) is 0 Å². The number of esters is 1. The summed E-state index contributed by atoms with van der Waals surface area (Å²) in [7, 11) is 2.93. The lowest BCUT2D eigenvalue weighted by Crippen LogP contribution is -2.05. The van der Waals surface area contributed by atoms with Gasteiger partial charge in [0.1, 0.15) is 6.61 Å². The van der Waals surface area contributed by atoms with Crippen molar-refractivity contribution in [1.29, 1.82) is 0 Å². The van der Waals surface area contributed by atoms with E-state index < -0.39 is 0 Å². The summed E-state index contributed by atoms with van der Waals surface area (Å²) in [5.74, 6) is -0.325. The summed E-state index contributed by atoms with van der Waals surface area (Å²) in [6.45, 7) is 39.2. The zero-order valence-electron chi connectivity index (χ0n) is 58.8. The standard InChI is InChI=1S/C26H24O4S.C26H26S.C10H14.C9H12.2C8H10/c1-16-20(15-30-29-4)13-18-9-5-7-11-21(18)24(16)31-25-17(2)23(26(27)28-3)14-19-10-6-8-12-22(19)25;1-15-7-9-23-21(11-15)13-17(3)19(5)25(23)27-26-20(6)18(4)14-22-12-16(2)8-10-24(22)26;1-7-5-8(2)10(4)9(3)6-7;1-3-9-7-5-4-6-8(9)2;1-7-4-3-5-8(2)6-7;1-7-5-3-4-6-8(7)2/h5-14H,15H2,1-4H3;7-14H,1-6H3;5-6H,1-4H3;4-7H,3H2,1-2H3;2*3-6H,1-2H3. The van der Waals surface area contributed by atoms with E-state index in [0.29, 0.717) is 12.2 Å². The largest absolute Gasteiger partial charge is 0.465 e. The first kappa shape index (κ1) is 72.2. The Hall–Kier alpha value is -8.23. The molecule has 4 nitrogen and oxygen atoms in total. The Labute approximate surface area is 565 Å². The van der Waals surface area contributed by atoms with E-state index in [1.807, 2.05) is 55.1 Å². The zero-order chi connectivity index (χ0) is 67.6. The summed E-state index contributed by atoms with van der Waals surface area (Å²) < 4.78 is 5.05. The Morgan fingerprint density at radius 3 is 1.16 bits per heavy atom. The lowest BCUT2D eigenvalue weighted by atomic mass is 10.0. The normalized spacial score (nSPS) is 10.7. The maximum absolute atomic E-state index is 12.5. The van der Waals surface area contributed by atoms with Gasteiger partial charge in [0.25, 0.3) is 0 Å². The van der Waals surface area contributed by atoms with Gasteiger partial charge < -0.3 is 4.74 Å². The minimum absolute atomic E-state index is 0.325. The summed E-state index contributed by atoms with van der Waals surface area (Å²) in [5.41, 5.74) is 25.7. The highest BCUT2D eigenvalue weighted by molar-refractivity contribution is 8.00. The monoisotopic (exact) mass is 1270 g/mol. The second-order valence-electron chi connectivity index (χ2n) is 24.7. The van der Waals surface area contributed by atoms with Crippen LogP contribution in [0.25, 0.3) is 43.1 Å². The quantitative estimate of drug-likeness (QED) is 0.0815. The van der Waals surface area contributed by atoms with E-state index in [2.05, 4.69) is 275 Å². The fourth-order valence-electron chi connectivity index (χ4n) is 11.4. The van der Waals surface area contributed by atoms with Crippen molar-refractivity contribution in [3.05, 3.63) is 305 Å². The molecule has 0 saturated heterocycles. The molecule has 0 atom stereocenters. The molecule has 0 aliphatic rings. The molecule has 93 heavy (non-hydrogen) atoms. The molecule has 12 aromatic carbocycles. The SMILES string of the molecule is CCc1ccccc1C.COOCc1cc2ccccc2c(Sc2c(C)c(C(=O)OC)cc3ccccc23)c1C.Cc1cc(C)c(C)c(C)c1.Cc1ccc2c(Sc3c(C)c(C)cc4cc(C)ccc34)c(C)c(C)cc2c1.Cc1cccc(C)c1.Cc1ccccc1C. The van der Waals surface area contributed by atoms with Gasteiger partial charge in [-0.15, -0.1) is 0 Å². The van der Waals surface area contributed by atoms with Crippen LogP contribution in [0.3, 0.4) is 0 Å². The Balaban J connectivity index is 0.000000176. The maximum atomic E-state index is 12.5. The molecular formula is C87H96O4S2. The predicted molar refractivity (Wildman–Crippen MR) is 403 cm³/mol. The number of ether oxygens (including phenoxy) is 1. The third-order valence-corrected chi connectivity index (χ3v) is 20.5. The summed E-state index contributed by atoms with van der Waals surface area (Å²) in [6.07, 6.45) is 1.15. The van der Waals surface area contributed by atoms with Crippen LogP contribution in [0.4, 0.5) is 0 Å². The fourth-order valence-corrected chi connectivity index (χ4v) is 14.2. The van der Waals surface area contributed by atoms with Gasteiger partial charge in [0, 0.05) is 19.6 Å². The van der Waals surface area contributed by atoms with Crippen LogP contribution in [0.15, 0.2) is 214 Å². The van der Waals surface area contributed by atoms with Crippen molar-refractivity contribution >= 4 is 72.6 Å². The van der Waals surface area contributed by atoms with Gasteiger partial charge in [-0.05, 0) is 257 Å². The fraction of sp³-hybridized carbons (Fsp3) is 0.253. The van der Waals surface area contributed by atoms with Crippen LogP contribution >= 0.6 is 23.5 Å². The highest BCUT2D eigenvalue weighted by Gasteiger charge is 2.21. The first-order valence-electron chi connectivity index (χ1n) is 32.2. The Kier molecular flexibility index (Phi) is 26.5. The van der Waals surface area contributed by atoms with Gasteiger partial charge in [-0.25, -0.2) is 14.6 Å². The number of benzene rings is 12. The molecule has 0 unspecified atom stereocenters. The van der Waals surface area contributed by atoms with Crippen LogP contribution in [-0.2, 0) is 27.5 Å². The number of carbonyl (C=O) groups excluding carboxylic acids is 1. The van der Waals surface area contributed by atoms with E-state index in [1.165, 1.54) is 135 Å². The number of rotatable bonds is 9. The summed E-state index contributed by atoms with van der Waals surface area (Å²) >= 11 is 3.63. The topological polar surface area (TPSA) is 44.8 Å². The molecule has 0 aromatic heterocycles. The molecule has 0 amide bonds. The molecule has 0 heterocycles. The minimum Gasteiger partial charge on any atom is -0.465 e. The predicted octanol–water partition coefficient (Wildman–Crippen LogP) is 24.7. The van der Waals surface area contributed by atoms with Crippen molar-refractivity contribution in [2.24, 2.45) is 0 Å². The summed E-state index contributed by atoms with van der Waals surface area (Å²) in [4.78, 5) is 27.5. The van der Waals surface area contributed by atoms with Gasteiger partial charge in [-0.1, -0.05) is 240 Å². The van der Waals surface area contributed by atoms with E-state index in [9.17, 15) is 4.79 Å². The zero-order valence-corrected chi connectivity index (χ0v) is 60.5. The molecule has 480 valence electrons. The minimum atomic E-state index is -0.325. The molecule has 0 aliphatic carbocycles. The third kappa shape index (κ3) is 19.0. The second kappa shape index (κ2) is 34.1. The molecule has 12 rings (SSSR count). The van der Waals surface area contributed by atoms with Crippen molar-refractivity contribution in [3.8, 4) is 0 Å². The number of hydrogen-bond acceptors (Lipinski definition) is 6. The van der Waals surface area contributed by atoms with Crippen molar-refractivity contribution in [2.45, 2.75) is 157 Å². The second-order valence-corrected chi connectivity index (χ2v) is 26.8. The average Bonchev–Trinajstić information content (AvgIpc) is 0.794. The lowest BCUT2D eigenvalue weighted by molar-refractivity contribution is -0.282. The highest BCUT2D eigenvalue weighted by Crippen LogP contribution is 2.45. The third-order valence-electron chi connectivity index (χ3n) is 17.6. The average molecular weight is 1270 g/mol. The molecule has 0 fully saturated rings. The van der Waals surface area contributed by atoms with E-state index in [4.69, 9.17) is 14.5 Å². The van der Waals surface area contributed by atoms with Crippen LogP contribution in [0.2, 0.25) is 0 Å². The maximum Gasteiger partial charge on any atom is 0.338 e. The van der Waals surface area contributed by atoms with Crippen LogP contribution in [0, 0.1) is 118 Å². The highest BCUT2D eigenvalue weighted by atomic mass is 32.2. The molecule has 0 bridgehead atoms. The Morgan fingerprint density at radius 2 is 0.731 bits per heavy atom. The van der Waals surface area contributed by atoms with Crippen molar-refractivity contribution in [3.63, 3.8) is 0 Å². The van der Waals surface area contributed by atoms with Crippen molar-refractivity contribution < 1.29 is 19.3 Å². The van der Waals surface area contributed by atoms with Gasteiger partial charge in [0.15, 0.2) is 0 Å². The molecule has 6 heteroatoms. The number of fused-ring (bicyclic) bond motifs is 4. The molecule has 0 saturated carbocycles. The number of methoxy groups -OCH3 is 1. The molecular weight excluding hydrogens is 1170 g/mol. The molecule has 0 aliphatic heterocycles. The van der Waals surface area contributed by atoms with Crippen LogP contribution in [0.5, 0.6) is 0 Å². The molecule has 12 aromatic rings. The summed E-state index contributed by atoms with van der Waals surface area (Å²) in [5, 5.41) is 9.81. The van der Waals surface area contributed by atoms with Crippen LogP contribution < -0.4 is 0 Å². The van der Waals surface area contributed by atoms with Gasteiger partial charge in [0.05, 0.1) is 19.8 Å². The molecule has 0 radical (unpaired) electrons. The lowest BCUT2D eigenvalue weighted by Gasteiger charge is -2.18. The Bertz CT molecular complexity index is 4410. The van der Waals surface area contributed by atoms with Crippen molar-refractivity contribution in [1.82, 2.24) is 0 Å². The van der Waals surface area contributed by atoms with E-state index in [0.717, 1.165) is 54.4 Å². The van der Waals surface area contributed by atoms with Gasteiger partial charge in [0.2, 0.25) is 0 Å². The van der Waals surface area contributed by atoms with Gasteiger partial charge in [-0.2, -0.15) is 0 Å². The number of aryl methyl sites for hydroxylation is 13. The first-order valence-corrected chi connectivity index (χ1v) is 33.9. The molecule has 0 spiro atoms. The van der Waals surface area contributed by atoms with E-state index in [1.54, 1.807) is 11.8 Å². The first-order chi connectivity index (χ1) is 44.4. The smallest absolute Gasteiger partial charge is 0.338 e. The summed E-state index contributed by atoms with van der Waals surface area (Å²) in [6, 6.07) is 68.5. The molecule has 0 N–H and O–H groups in total. The van der Waals surface area contributed by atoms with E-state index >= 15 is 0 Å². The van der Waals surface area contributed by atoms with Crippen LogP contribution in [-0.4, -0.2) is 20.2 Å². The Morgan fingerprint density at radius 1 is 0.323 bits per heavy atom.